The average Bonchev–Trinajstić information content (AvgIpc) is 2.21. The first-order valence-corrected chi connectivity index (χ1v) is 4.89. The Morgan fingerprint density at radius 1 is 1.43 bits per heavy atom. The van der Waals surface area contributed by atoms with Gasteiger partial charge in [-0.3, -0.25) is 9.69 Å². The Hall–Kier alpha value is -0.650. The molecule has 0 aromatic rings. The number of piperazine rings is 1. The quantitative estimate of drug-likeness (QED) is 0.577. The Kier molecular flexibility index (Phi) is 4.31. The van der Waals surface area contributed by atoms with Gasteiger partial charge in [0.1, 0.15) is 6.04 Å². The Labute approximate surface area is 84.8 Å². The predicted octanol–water partition coefficient (Wildman–Crippen LogP) is -1.27. The molecule has 14 heavy (non-hydrogen) atoms. The molecule has 0 amide bonds. The predicted molar refractivity (Wildman–Crippen MR) is 53.9 cm³/mol. The van der Waals surface area contributed by atoms with Gasteiger partial charge in [-0.15, -0.1) is 0 Å². The Bertz CT molecular complexity index is 190. The van der Waals surface area contributed by atoms with Crippen molar-refractivity contribution in [1.82, 2.24) is 9.80 Å². The van der Waals surface area contributed by atoms with Crippen LogP contribution in [0.2, 0.25) is 0 Å². The van der Waals surface area contributed by atoms with E-state index in [1.165, 1.54) is 7.11 Å². The molecule has 1 fully saturated rings. The number of esters is 1. The Balaban J connectivity index is 2.48. The number of carbonyl (C=O) groups is 1. The van der Waals surface area contributed by atoms with Crippen molar-refractivity contribution in [2.75, 3.05) is 46.9 Å². The zero-order valence-electron chi connectivity index (χ0n) is 8.90. The Morgan fingerprint density at radius 3 is 2.43 bits per heavy atom. The Morgan fingerprint density at radius 2 is 2.00 bits per heavy atom. The number of likely N-dealkylation sites (N-methyl/N-ethyl adjacent to an activating group) is 1. The van der Waals surface area contributed by atoms with Crippen molar-refractivity contribution in [2.45, 2.75) is 6.04 Å². The van der Waals surface area contributed by atoms with Crippen molar-refractivity contribution < 1.29 is 9.53 Å². The minimum absolute atomic E-state index is 0.225. The number of nitrogens with zero attached hydrogens (tertiary/aromatic N) is 2. The number of hydrogen-bond donors (Lipinski definition) is 1. The lowest BCUT2D eigenvalue weighted by molar-refractivity contribution is -0.147. The second-order valence-electron chi connectivity index (χ2n) is 3.61. The van der Waals surface area contributed by atoms with E-state index in [0.717, 1.165) is 26.2 Å². The SMILES string of the molecule is COC(=O)C(CN)N1CCN(C)CC1. The topological polar surface area (TPSA) is 58.8 Å². The van der Waals surface area contributed by atoms with Crippen molar-refractivity contribution in [1.29, 1.82) is 0 Å². The van der Waals surface area contributed by atoms with Crippen LogP contribution >= 0.6 is 0 Å². The first-order valence-electron chi connectivity index (χ1n) is 4.89. The fourth-order valence-electron chi connectivity index (χ4n) is 1.66. The molecule has 1 rings (SSSR count). The first kappa shape index (κ1) is 11.4. The summed E-state index contributed by atoms with van der Waals surface area (Å²) in [5.74, 6) is -0.225. The van der Waals surface area contributed by atoms with Gasteiger partial charge in [-0.1, -0.05) is 0 Å². The summed E-state index contributed by atoms with van der Waals surface area (Å²) < 4.78 is 4.71. The molecule has 1 heterocycles. The van der Waals surface area contributed by atoms with E-state index in [0.29, 0.717) is 6.54 Å². The van der Waals surface area contributed by atoms with Gasteiger partial charge < -0.3 is 15.4 Å². The van der Waals surface area contributed by atoms with Crippen LogP contribution in [0.5, 0.6) is 0 Å². The van der Waals surface area contributed by atoms with Gasteiger partial charge in [-0.05, 0) is 7.05 Å². The zero-order valence-corrected chi connectivity index (χ0v) is 8.90. The van der Waals surface area contributed by atoms with Crippen LogP contribution in [0, 0.1) is 0 Å². The smallest absolute Gasteiger partial charge is 0.324 e. The maximum atomic E-state index is 11.4. The summed E-state index contributed by atoms with van der Waals surface area (Å²) in [5.41, 5.74) is 5.56. The number of ether oxygens (including phenoxy) is 1. The lowest BCUT2D eigenvalue weighted by Crippen LogP contribution is -2.54. The maximum Gasteiger partial charge on any atom is 0.324 e. The zero-order chi connectivity index (χ0) is 10.6. The minimum atomic E-state index is -0.270. The van der Waals surface area contributed by atoms with Crippen LogP contribution in [0.3, 0.4) is 0 Å². The maximum absolute atomic E-state index is 11.4. The van der Waals surface area contributed by atoms with E-state index in [9.17, 15) is 4.79 Å². The summed E-state index contributed by atoms with van der Waals surface area (Å²) in [6.45, 7) is 4.05. The van der Waals surface area contributed by atoms with Crippen LogP contribution in [0.15, 0.2) is 0 Å². The van der Waals surface area contributed by atoms with Crippen molar-refractivity contribution in [3.05, 3.63) is 0 Å². The van der Waals surface area contributed by atoms with Crippen molar-refractivity contribution in [2.24, 2.45) is 5.73 Å². The van der Waals surface area contributed by atoms with E-state index < -0.39 is 0 Å². The first-order chi connectivity index (χ1) is 6.69. The highest BCUT2D eigenvalue weighted by Crippen LogP contribution is 2.05. The van der Waals surface area contributed by atoms with E-state index >= 15 is 0 Å². The standard InChI is InChI=1S/C9H19N3O2/c1-11-3-5-12(6-4-11)8(7-10)9(13)14-2/h8H,3-7,10H2,1-2H3. The fourth-order valence-corrected chi connectivity index (χ4v) is 1.66. The van der Waals surface area contributed by atoms with Crippen molar-refractivity contribution >= 4 is 5.97 Å². The van der Waals surface area contributed by atoms with E-state index in [1.807, 2.05) is 0 Å². The second-order valence-corrected chi connectivity index (χ2v) is 3.61. The monoisotopic (exact) mass is 201 g/mol. The van der Waals surface area contributed by atoms with E-state index in [4.69, 9.17) is 10.5 Å². The molecule has 0 bridgehead atoms. The van der Waals surface area contributed by atoms with Crippen molar-refractivity contribution in [3.63, 3.8) is 0 Å². The largest absolute Gasteiger partial charge is 0.468 e. The number of methoxy groups -OCH3 is 1. The molecule has 0 aromatic carbocycles. The molecule has 5 nitrogen and oxygen atoms in total. The lowest BCUT2D eigenvalue weighted by atomic mass is 10.2. The molecule has 1 aliphatic heterocycles. The highest BCUT2D eigenvalue weighted by molar-refractivity contribution is 5.75. The van der Waals surface area contributed by atoms with Gasteiger partial charge in [0.2, 0.25) is 0 Å². The third-order valence-electron chi connectivity index (χ3n) is 2.68. The van der Waals surface area contributed by atoms with E-state index in [2.05, 4.69) is 16.8 Å². The highest BCUT2D eigenvalue weighted by Gasteiger charge is 2.27. The molecule has 1 atom stereocenters. The van der Waals surface area contributed by atoms with Gasteiger partial charge in [-0.25, -0.2) is 0 Å². The van der Waals surface area contributed by atoms with Gasteiger partial charge in [-0.2, -0.15) is 0 Å². The molecule has 2 N–H and O–H groups in total. The second kappa shape index (κ2) is 5.29. The molecule has 1 aliphatic rings. The summed E-state index contributed by atoms with van der Waals surface area (Å²) in [6.07, 6.45) is 0. The average molecular weight is 201 g/mol. The number of rotatable bonds is 3. The van der Waals surface area contributed by atoms with Crippen LogP contribution < -0.4 is 5.73 Å². The molecule has 5 heteroatoms. The normalized spacial score (nSPS) is 21.9. The number of nitrogens with two attached hydrogens (primary N) is 1. The molecule has 82 valence electrons. The summed E-state index contributed by atoms with van der Waals surface area (Å²) in [4.78, 5) is 15.7. The number of hydrogen-bond acceptors (Lipinski definition) is 5. The molecule has 1 unspecified atom stereocenters. The summed E-state index contributed by atoms with van der Waals surface area (Å²) in [6, 6.07) is -0.270. The van der Waals surface area contributed by atoms with Gasteiger partial charge in [0, 0.05) is 32.7 Å². The fraction of sp³-hybridized carbons (Fsp3) is 0.889. The highest BCUT2D eigenvalue weighted by atomic mass is 16.5. The third-order valence-corrected chi connectivity index (χ3v) is 2.68. The minimum Gasteiger partial charge on any atom is -0.468 e. The molecule has 0 aromatic heterocycles. The summed E-state index contributed by atoms with van der Waals surface area (Å²) in [7, 11) is 3.48. The van der Waals surface area contributed by atoms with Crippen LogP contribution in [0.1, 0.15) is 0 Å². The van der Waals surface area contributed by atoms with Crippen LogP contribution in [0.25, 0.3) is 0 Å². The van der Waals surface area contributed by atoms with E-state index in [1.54, 1.807) is 0 Å². The van der Waals surface area contributed by atoms with Gasteiger partial charge in [0.05, 0.1) is 7.11 Å². The molecular weight excluding hydrogens is 182 g/mol. The summed E-state index contributed by atoms with van der Waals surface area (Å²) >= 11 is 0. The number of carbonyl (C=O) groups excluding carboxylic acids is 1. The lowest BCUT2D eigenvalue weighted by Gasteiger charge is -2.35. The molecular formula is C9H19N3O2. The summed E-state index contributed by atoms with van der Waals surface area (Å²) in [5, 5.41) is 0. The van der Waals surface area contributed by atoms with Gasteiger partial charge in [0.25, 0.3) is 0 Å². The van der Waals surface area contributed by atoms with Crippen LogP contribution in [0.4, 0.5) is 0 Å². The molecule has 1 saturated heterocycles. The van der Waals surface area contributed by atoms with Crippen LogP contribution in [-0.4, -0.2) is 68.7 Å². The molecule has 0 spiro atoms. The van der Waals surface area contributed by atoms with E-state index in [-0.39, 0.29) is 12.0 Å². The molecule has 0 aliphatic carbocycles. The molecule has 0 radical (unpaired) electrons. The van der Waals surface area contributed by atoms with Crippen molar-refractivity contribution in [3.8, 4) is 0 Å². The third kappa shape index (κ3) is 2.67. The van der Waals surface area contributed by atoms with Gasteiger partial charge >= 0.3 is 5.97 Å². The van der Waals surface area contributed by atoms with Crippen LogP contribution in [-0.2, 0) is 9.53 Å². The van der Waals surface area contributed by atoms with Gasteiger partial charge in [0.15, 0.2) is 0 Å². The molecule has 0 saturated carbocycles.